The predicted octanol–water partition coefficient (Wildman–Crippen LogP) is 2.86. The van der Waals surface area contributed by atoms with Crippen molar-refractivity contribution >= 4 is 35.1 Å². The average molecular weight is 432 g/mol. The number of rotatable bonds is 7. The number of aromatic nitrogens is 3. The molecule has 0 saturated carbocycles. The topological polar surface area (TPSA) is 123 Å². The Hall–Kier alpha value is -4.01. The molecule has 0 bridgehead atoms. The zero-order valence-corrected chi connectivity index (χ0v) is 17.7. The third-order valence-electron chi connectivity index (χ3n) is 5.19. The molecule has 1 unspecified atom stereocenters. The van der Waals surface area contributed by atoms with Gasteiger partial charge >= 0.3 is 5.97 Å². The van der Waals surface area contributed by atoms with E-state index in [1.807, 2.05) is 54.6 Å². The lowest BCUT2D eigenvalue weighted by molar-refractivity contribution is -0.149. The SMILES string of the molecule is CCc1ccc(N2CC(C(=O)OCc3nc(N)nc(Nc4ccccc4)n3)CC2=O)cc1. The average Bonchev–Trinajstić information content (AvgIpc) is 3.19. The van der Waals surface area contributed by atoms with Gasteiger partial charge < -0.3 is 20.7 Å². The number of hydrogen-bond acceptors (Lipinski definition) is 8. The molecule has 164 valence electrons. The highest BCUT2D eigenvalue weighted by atomic mass is 16.5. The highest BCUT2D eigenvalue weighted by Gasteiger charge is 2.36. The normalized spacial score (nSPS) is 15.6. The van der Waals surface area contributed by atoms with E-state index in [9.17, 15) is 9.59 Å². The maximum Gasteiger partial charge on any atom is 0.311 e. The fourth-order valence-corrected chi connectivity index (χ4v) is 3.49. The summed E-state index contributed by atoms with van der Waals surface area (Å²) in [6.45, 7) is 2.19. The van der Waals surface area contributed by atoms with Crippen LogP contribution in [0, 0.1) is 5.92 Å². The zero-order valence-electron chi connectivity index (χ0n) is 17.7. The Labute approximate surface area is 185 Å². The maximum absolute atomic E-state index is 12.6. The number of amides is 1. The van der Waals surface area contributed by atoms with E-state index in [1.54, 1.807) is 4.90 Å². The van der Waals surface area contributed by atoms with E-state index in [1.165, 1.54) is 5.56 Å². The summed E-state index contributed by atoms with van der Waals surface area (Å²) >= 11 is 0. The van der Waals surface area contributed by atoms with Gasteiger partial charge in [0.05, 0.1) is 5.92 Å². The summed E-state index contributed by atoms with van der Waals surface area (Å²) in [5, 5.41) is 3.03. The predicted molar refractivity (Wildman–Crippen MR) is 120 cm³/mol. The number of esters is 1. The van der Waals surface area contributed by atoms with Crippen LogP contribution in [-0.2, 0) is 27.4 Å². The van der Waals surface area contributed by atoms with Gasteiger partial charge in [-0.1, -0.05) is 37.3 Å². The van der Waals surface area contributed by atoms with Crippen LogP contribution in [0.4, 0.5) is 23.3 Å². The maximum atomic E-state index is 12.6. The third kappa shape index (κ3) is 5.00. The van der Waals surface area contributed by atoms with Gasteiger partial charge in [0.1, 0.15) is 0 Å². The summed E-state index contributed by atoms with van der Waals surface area (Å²) in [4.78, 5) is 39.0. The summed E-state index contributed by atoms with van der Waals surface area (Å²) in [7, 11) is 0. The second kappa shape index (κ2) is 9.42. The Balaban J connectivity index is 1.37. The van der Waals surface area contributed by atoms with Crippen LogP contribution in [0.5, 0.6) is 0 Å². The number of aryl methyl sites for hydroxylation is 1. The summed E-state index contributed by atoms with van der Waals surface area (Å²) in [6.07, 6.45) is 1.03. The number of hydrogen-bond donors (Lipinski definition) is 2. The van der Waals surface area contributed by atoms with Crippen molar-refractivity contribution in [3.8, 4) is 0 Å². The second-order valence-electron chi connectivity index (χ2n) is 7.46. The molecule has 1 atom stereocenters. The molecule has 1 aromatic heterocycles. The monoisotopic (exact) mass is 432 g/mol. The zero-order chi connectivity index (χ0) is 22.5. The molecule has 3 N–H and O–H groups in total. The van der Waals surface area contributed by atoms with Crippen molar-refractivity contribution in [1.82, 2.24) is 15.0 Å². The van der Waals surface area contributed by atoms with Gasteiger partial charge in [-0.05, 0) is 36.2 Å². The smallest absolute Gasteiger partial charge is 0.311 e. The van der Waals surface area contributed by atoms with Crippen LogP contribution < -0.4 is 16.0 Å². The third-order valence-corrected chi connectivity index (χ3v) is 5.19. The van der Waals surface area contributed by atoms with E-state index >= 15 is 0 Å². The van der Waals surface area contributed by atoms with Gasteiger partial charge in [-0.2, -0.15) is 15.0 Å². The van der Waals surface area contributed by atoms with Crippen LogP contribution in [0.15, 0.2) is 54.6 Å². The van der Waals surface area contributed by atoms with Crippen molar-refractivity contribution in [3.63, 3.8) is 0 Å². The highest BCUT2D eigenvalue weighted by Crippen LogP contribution is 2.26. The van der Waals surface area contributed by atoms with E-state index in [2.05, 4.69) is 27.2 Å². The molecule has 9 nitrogen and oxygen atoms in total. The summed E-state index contributed by atoms with van der Waals surface area (Å²) in [5.74, 6) is -0.623. The van der Waals surface area contributed by atoms with Gasteiger partial charge in [0.15, 0.2) is 12.4 Å². The fourth-order valence-electron chi connectivity index (χ4n) is 3.49. The van der Waals surface area contributed by atoms with E-state index in [0.29, 0.717) is 0 Å². The van der Waals surface area contributed by atoms with Gasteiger partial charge in [0.25, 0.3) is 0 Å². The first-order valence-electron chi connectivity index (χ1n) is 10.4. The van der Waals surface area contributed by atoms with Crippen molar-refractivity contribution in [3.05, 3.63) is 66.0 Å². The minimum atomic E-state index is -0.547. The molecule has 0 spiro atoms. The van der Waals surface area contributed by atoms with Crippen molar-refractivity contribution in [1.29, 1.82) is 0 Å². The summed E-state index contributed by atoms with van der Waals surface area (Å²) < 4.78 is 5.39. The lowest BCUT2D eigenvalue weighted by atomic mass is 10.1. The number of nitrogens with two attached hydrogens (primary N) is 1. The van der Waals surface area contributed by atoms with Crippen LogP contribution in [-0.4, -0.2) is 33.4 Å². The van der Waals surface area contributed by atoms with Crippen LogP contribution in [0.25, 0.3) is 0 Å². The van der Waals surface area contributed by atoms with Gasteiger partial charge in [-0.3, -0.25) is 9.59 Å². The molecule has 0 radical (unpaired) electrons. The number of para-hydroxylation sites is 1. The Morgan fingerprint density at radius 3 is 2.59 bits per heavy atom. The molecule has 0 aliphatic carbocycles. The Morgan fingerprint density at radius 2 is 1.88 bits per heavy atom. The standard InChI is InChI=1S/C23H24N6O3/c1-2-15-8-10-18(11-9-15)29-13-16(12-20(29)30)21(31)32-14-19-26-22(24)28-23(27-19)25-17-6-4-3-5-7-17/h3-11,16H,2,12-14H2,1H3,(H3,24,25,26,27,28). The van der Waals surface area contributed by atoms with E-state index in [-0.39, 0.29) is 43.2 Å². The molecule has 4 rings (SSSR count). The Kier molecular flexibility index (Phi) is 6.25. The number of nitrogen functional groups attached to an aromatic ring is 1. The molecule has 1 fully saturated rings. The molecule has 9 heteroatoms. The van der Waals surface area contributed by atoms with Gasteiger partial charge in [0, 0.05) is 24.3 Å². The molecule has 3 aromatic rings. The van der Waals surface area contributed by atoms with Crippen LogP contribution in [0.2, 0.25) is 0 Å². The van der Waals surface area contributed by atoms with Crippen LogP contribution in [0.3, 0.4) is 0 Å². The van der Waals surface area contributed by atoms with Crippen molar-refractivity contribution in [2.45, 2.75) is 26.4 Å². The lowest BCUT2D eigenvalue weighted by Crippen LogP contribution is -2.26. The molecule has 1 aliphatic rings. The fraction of sp³-hybridized carbons (Fsp3) is 0.261. The number of carbonyl (C=O) groups is 2. The Bertz CT molecular complexity index is 1100. The quantitative estimate of drug-likeness (QED) is 0.546. The molecular weight excluding hydrogens is 408 g/mol. The van der Waals surface area contributed by atoms with Gasteiger partial charge in [-0.15, -0.1) is 0 Å². The largest absolute Gasteiger partial charge is 0.457 e. The molecule has 2 aromatic carbocycles. The first kappa shape index (κ1) is 21.2. The Morgan fingerprint density at radius 1 is 1.12 bits per heavy atom. The van der Waals surface area contributed by atoms with E-state index < -0.39 is 11.9 Å². The number of nitrogens with one attached hydrogen (secondary N) is 1. The number of anilines is 4. The highest BCUT2D eigenvalue weighted by molar-refractivity contribution is 5.99. The molecule has 1 saturated heterocycles. The minimum absolute atomic E-state index is 0.0159. The second-order valence-corrected chi connectivity index (χ2v) is 7.46. The molecule has 32 heavy (non-hydrogen) atoms. The van der Waals surface area contributed by atoms with Crippen LogP contribution >= 0.6 is 0 Å². The van der Waals surface area contributed by atoms with Gasteiger partial charge in [0.2, 0.25) is 17.8 Å². The summed E-state index contributed by atoms with van der Waals surface area (Å²) in [5.41, 5.74) is 8.53. The van der Waals surface area contributed by atoms with Crippen molar-refractivity contribution in [2.24, 2.45) is 5.92 Å². The van der Waals surface area contributed by atoms with Crippen LogP contribution in [0.1, 0.15) is 24.7 Å². The van der Waals surface area contributed by atoms with Crippen molar-refractivity contribution < 1.29 is 14.3 Å². The first-order chi connectivity index (χ1) is 15.5. The number of ether oxygens (including phenoxy) is 1. The molecule has 1 amide bonds. The van der Waals surface area contributed by atoms with Gasteiger partial charge in [-0.25, -0.2) is 0 Å². The molecular formula is C23H24N6O3. The molecule has 2 heterocycles. The minimum Gasteiger partial charge on any atom is -0.457 e. The summed E-state index contributed by atoms with van der Waals surface area (Å²) in [6, 6.07) is 17.1. The van der Waals surface area contributed by atoms with E-state index in [0.717, 1.165) is 17.8 Å². The number of benzene rings is 2. The molecule has 1 aliphatic heterocycles. The number of nitrogens with zero attached hydrogens (tertiary/aromatic N) is 4. The lowest BCUT2D eigenvalue weighted by Gasteiger charge is -2.17. The number of carbonyl (C=O) groups excluding carboxylic acids is 2. The van der Waals surface area contributed by atoms with E-state index in [4.69, 9.17) is 10.5 Å². The van der Waals surface area contributed by atoms with Crippen molar-refractivity contribution in [2.75, 3.05) is 22.5 Å². The first-order valence-corrected chi connectivity index (χ1v) is 10.4.